The summed E-state index contributed by atoms with van der Waals surface area (Å²) >= 11 is 3.28. The minimum Gasteiger partial charge on any atom is -0.338 e. The third-order valence-electron chi connectivity index (χ3n) is 4.41. The van der Waals surface area contributed by atoms with E-state index in [0.717, 1.165) is 43.4 Å². The van der Waals surface area contributed by atoms with Gasteiger partial charge < -0.3 is 9.80 Å². The van der Waals surface area contributed by atoms with Gasteiger partial charge >= 0.3 is 0 Å². The molecule has 1 aromatic carbocycles. The van der Waals surface area contributed by atoms with Gasteiger partial charge in [0.25, 0.3) is 0 Å². The van der Waals surface area contributed by atoms with Crippen LogP contribution in [0, 0.1) is 5.82 Å². The van der Waals surface area contributed by atoms with Crippen LogP contribution in [0.3, 0.4) is 0 Å². The Balaban J connectivity index is 2.05. The Labute approximate surface area is 151 Å². The topological polar surface area (TPSA) is 34.4 Å². The molecule has 5 nitrogen and oxygen atoms in total. The summed E-state index contributed by atoms with van der Waals surface area (Å²) in [4.78, 5) is 9.30. The van der Waals surface area contributed by atoms with Gasteiger partial charge in [0, 0.05) is 43.5 Å². The lowest BCUT2D eigenvalue weighted by atomic mass is 10.0. The van der Waals surface area contributed by atoms with Crippen molar-refractivity contribution in [2.75, 3.05) is 33.2 Å². The number of hydrogen-bond acceptors (Lipinski definition) is 5. The van der Waals surface area contributed by atoms with Gasteiger partial charge in [0.15, 0.2) is 0 Å². The molecule has 1 aromatic rings. The van der Waals surface area contributed by atoms with Crippen LogP contribution in [0.4, 0.5) is 10.1 Å². The second-order valence-electron chi connectivity index (χ2n) is 6.60. The van der Waals surface area contributed by atoms with Crippen LogP contribution in [-0.4, -0.2) is 59.7 Å². The average Bonchev–Trinajstić information content (AvgIpc) is 2.53. The molecule has 2 aliphatic heterocycles. The van der Waals surface area contributed by atoms with Crippen molar-refractivity contribution in [3.05, 3.63) is 28.0 Å². The molecule has 3 rings (SSSR count). The molecule has 2 heterocycles. The zero-order chi connectivity index (χ0) is 17.4. The molecule has 2 aliphatic rings. The molecule has 24 heavy (non-hydrogen) atoms. The number of guanidine groups is 1. The molecule has 0 radical (unpaired) electrons. The predicted octanol–water partition coefficient (Wildman–Crippen LogP) is 3.60. The zero-order valence-corrected chi connectivity index (χ0v) is 16.1. The van der Waals surface area contributed by atoms with E-state index in [4.69, 9.17) is 10.1 Å². The molecular formula is C17H23BrFN5. The minimum absolute atomic E-state index is 0.000967. The van der Waals surface area contributed by atoms with Gasteiger partial charge in [-0.3, -0.25) is 0 Å². The number of piperazine rings is 1. The molecule has 0 amide bonds. The number of hydrazone groups is 1. The summed E-state index contributed by atoms with van der Waals surface area (Å²) in [5.41, 5.74) is 2.64. The van der Waals surface area contributed by atoms with E-state index >= 15 is 0 Å². The van der Waals surface area contributed by atoms with Crippen molar-refractivity contribution < 1.29 is 4.39 Å². The molecule has 7 heteroatoms. The fraction of sp³-hybridized carbons (Fsp3) is 0.529. The molecule has 1 atom stereocenters. The van der Waals surface area contributed by atoms with Gasteiger partial charge in [-0.2, -0.15) is 5.10 Å². The SMILES string of the molecule is CC(C)=NN1C(N2CCN(C)CC2)=Nc2cc(F)c(Br)cc2C1C. The van der Waals surface area contributed by atoms with Crippen molar-refractivity contribution >= 4 is 33.3 Å². The Morgan fingerprint density at radius 1 is 1.25 bits per heavy atom. The lowest BCUT2D eigenvalue weighted by Crippen LogP contribution is -2.52. The van der Waals surface area contributed by atoms with Crippen molar-refractivity contribution in [2.24, 2.45) is 10.1 Å². The molecule has 1 saturated heterocycles. The van der Waals surface area contributed by atoms with Gasteiger partial charge in [-0.15, -0.1) is 0 Å². The second-order valence-corrected chi connectivity index (χ2v) is 7.45. The van der Waals surface area contributed by atoms with Gasteiger partial charge in [0.2, 0.25) is 5.96 Å². The molecule has 130 valence electrons. The second kappa shape index (κ2) is 6.80. The number of hydrogen-bond donors (Lipinski definition) is 0. The Kier molecular flexibility index (Phi) is 4.92. The number of nitrogens with zero attached hydrogens (tertiary/aromatic N) is 5. The van der Waals surface area contributed by atoms with Gasteiger partial charge in [0.1, 0.15) is 5.82 Å². The van der Waals surface area contributed by atoms with Crippen LogP contribution in [0.1, 0.15) is 32.4 Å². The van der Waals surface area contributed by atoms with Crippen molar-refractivity contribution in [3.63, 3.8) is 0 Å². The summed E-state index contributed by atoms with van der Waals surface area (Å²) < 4.78 is 14.4. The maximum Gasteiger partial charge on any atom is 0.223 e. The van der Waals surface area contributed by atoms with E-state index in [-0.39, 0.29) is 11.9 Å². The summed E-state index contributed by atoms with van der Waals surface area (Å²) in [5.74, 6) is 0.525. The van der Waals surface area contributed by atoms with E-state index in [9.17, 15) is 4.39 Å². The summed E-state index contributed by atoms with van der Waals surface area (Å²) in [6, 6.07) is 3.32. The monoisotopic (exact) mass is 395 g/mol. The Morgan fingerprint density at radius 3 is 2.54 bits per heavy atom. The number of likely N-dealkylation sites (N-methyl/N-ethyl adjacent to an activating group) is 1. The highest BCUT2D eigenvalue weighted by Gasteiger charge is 2.32. The summed E-state index contributed by atoms with van der Waals surface area (Å²) in [5, 5.41) is 6.66. The molecule has 1 unspecified atom stereocenters. The highest BCUT2D eigenvalue weighted by molar-refractivity contribution is 9.10. The highest BCUT2D eigenvalue weighted by atomic mass is 79.9. The predicted molar refractivity (Wildman–Crippen MR) is 99.3 cm³/mol. The Hall–Kier alpha value is -1.47. The molecular weight excluding hydrogens is 373 g/mol. The Bertz CT molecular complexity index is 690. The molecule has 0 spiro atoms. The zero-order valence-electron chi connectivity index (χ0n) is 14.6. The number of halogens is 2. The minimum atomic E-state index is -0.286. The molecule has 1 fully saturated rings. The highest BCUT2D eigenvalue weighted by Crippen LogP contribution is 2.38. The first-order chi connectivity index (χ1) is 11.4. The van der Waals surface area contributed by atoms with Crippen LogP contribution >= 0.6 is 15.9 Å². The number of fused-ring (bicyclic) bond motifs is 1. The first-order valence-electron chi connectivity index (χ1n) is 8.19. The van der Waals surface area contributed by atoms with Crippen molar-refractivity contribution in [1.82, 2.24) is 14.8 Å². The maximum atomic E-state index is 14.0. The summed E-state index contributed by atoms with van der Waals surface area (Å²) in [6.07, 6.45) is 0. The van der Waals surface area contributed by atoms with Crippen molar-refractivity contribution in [1.29, 1.82) is 0 Å². The fourth-order valence-electron chi connectivity index (χ4n) is 3.02. The van der Waals surface area contributed by atoms with Crippen LogP contribution in [0.15, 0.2) is 26.7 Å². The molecule has 0 N–H and O–H groups in total. The number of rotatable bonds is 1. The van der Waals surface area contributed by atoms with Crippen molar-refractivity contribution in [2.45, 2.75) is 26.8 Å². The third kappa shape index (κ3) is 3.32. The van der Waals surface area contributed by atoms with Crippen molar-refractivity contribution in [3.8, 4) is 0 Å². The van der Waals surface area contributed by atoms with Gasteiger partial charge in [0.05, 0.1) is 16.2 Å². The lowest BCUT2D eigenvalue weighted by molar-refractivity contribution is 0.186. The van der Waals surface area contributed by atoms with Gasteiger partial charge in [-0.05, 0) is 49.8 Å². The summed E-state index contributed by atoms with van der Waals surface area (Å²) in [6.45, 7) is 9.79. The first-order valence-corrected chi connectivity index (χ1v) is 8.98. The standard InChI is InChI=1S/C17H23BrFN5/c1-11(2)21-24-12(3)13-9-14(18)15(19)10-16(13)20-17(24)23-7-5-22(4)6-8-23/h9-10,12H,5-8H2,1-4H3. The van der Waals surface area contributed by atoms with E-state index < -0.39 is 0 Å². The molecule has 0 bridgehead atoms. The third-order valence-corrected chi connectivity index (χ3v) is 5.01. The fourth-order valence-corrected chi connectivity index (χ4v) is 3.38. The van der Waals surface area contributed by atoms with Crippen LogP contribution in [0.5, 0.6) is 0 Å². The largest absolute Gasteiger partial charge is 0.338 e. The quantitative estimate of drug-likeness (QED) is 0.681. The van der Waals surface area contributed by atoms with E-state index in [0.29, 0.717) is 10.2 Å². The Morgan fingerprint density at radius 2 is 1.92 bits per heavy atom. The molecule has 0 aromatic heterocycles. The van der Waals surface area contributed by atoms with Gasteiger partial charge in [-0.1, -0.05) is 0 Å². The smallest absolute Gasteiger partial charge is 0.223 e. The average molecular weight is 396 g/mol. The lowest BCUT2D eigenvalue weighted by Gasteiger charge is -2.41. The van der Waals surface area contributed by atoms with E-state index in [2.05, 4.69) is 39.7 Å². The van der Waals surface area contributed by atoms with Crippen LogP contribution < -0.4 is 0 Å². The summed E-state index contributed by atoms with van der Waals surface area (Å²) in [7, 11) is 2.12. The maximum absolute atomic E-state index is 14.0. The van der Waals surface area contributed by atoms with E-state index in [1.807, 2.05) is 24.9 Å². The number of benzene rings is 1. The normalized spacial score (nSPS) is 21.4. The van der Waals surface area contributed by atoms with E-state index in [1.165, 1.54) is 6.07 Å². The van der Waals surface area contributed by atoms with Crippen LogP contribution in [0.2, 0.25) is 0 Å². The van der Waals surface area contributed by atoms with E-state index in [1.54, 1.807) is 0 Å². The molecule has 0 aliphatic carbocycles. The number of aliphatic imine (C=N–C) groups is 1. The van der Waals surface area contributed by atoms with Crippen LogP contribution in [0.25, 0.3) is 0 Å². The first kappa shape index (κ1) is 17.4. The molecule has 0 saturated carbocycles. The van der Waals surface area contributed by atoms with Gasteiger partial charge in [-0.25, -0.2) is 14.4 Å². The van der Waals surface area contributed by atoms with Crippen LogP contribution in [-0.2, 0) is 0 Å².